The monoisotopic (exact) mass is 375 g/mol. The average Bonchev–Trinajstić information content (AvgIpc) is 3.06. The number of carbonyl (C=O) groups excluding carboxylic acids is 1. The van der Waals surface area contributed by atoms with Gasteiger partial charge in [-0.1, -0.05) is 41.9 Å². The summed E-state index contributed by atoms with van der Waals surface area (Å²) in [5, 5.41) is 5.04. The van der Waals surface area contributed by atoms with Gasteiger partial charge in [-0.25, -0.2) is 0 Å². The molecule has 0 spiro atoms. The van der Waals surface area contributed by atoms with Crippen LogP contribution in [-0.4, -0.2) is 26.2 Å². The molecule has 1 N–H and O–H groups in total. The molecule has 0 saturated carbocycles. The Morgan fingerprint density at radius 2 is 1.96 bits per heavy atom. The van der Waals surface area contributed by atoms with Gasteiger partial charge in [0, 0.05) is 18.5 Å². The van der Waals surface area contributed by atoms with Crippen LogP contribution in [0.3, 0.4) is 0 Å². The molecule has 0 fully saturated rings. The summed E-state index contributed by atoms with van der Waals surface area (Å²) < 4.78 is 11.7. The number of amides is 1. The van der Waals surface area contributed by atoms with Gasteiger partial charge in [-0.05, 0) is 35.0 Å². The molecule has 1 amide bonds. The van der Waals surface area contributed by atoms with Gasteiger partial charge in [0.25, 0.3) is 5.91 Å². The molecule has 0 bridgehead atoms. The van der Waals surface area contributed by atoms with Gasteiger partial charge in [0.1, 0.15) is 11.9 Å². The smallest absolute Gasteiger partial charge is 0.258 e. The Kier molecular flexibility index (Phi) is 5.91. The van der Waals surface area contributed by atoms with E-state index in [2.05, 4.69) is 5.32 Å². The second kappa shape index (κ2) is 8.34. The normalized spacial score (nSPS) is 12.1. The average molecular weight is 376 g/mol. The minimum Gasteiger partial charge on any atom is -0.484 e. The molecule has 1 atom stereocenters. The minimum absolute atomic E-state index is 0.0417. The quantitative estimate of drug-likeness (QED) is 0.664. The fraction of sp³-hybridized carbons (Fsp3) is 0.211. The van der Waals surface area contributed by atoms with E-state index in [1.54, 1.807) is 7.11 Å². The predicted molar refractivity (Wildman–Crippen MR) is 102 cm³/mol. The number of benzene rings is 2. The molecule has 1 heterocycles. The van der Waals surface area contributed by atoms with Crippen molar-refractivity contribution in [2.45, 2.75) is 6.10 Å². The first-order valence-corrected chi connectivity index (χ1v) is 9.01. The molecule has 0 aliphatic carbocycles. The Hall–Kier alpha value is -2.08. The molecule has 1 unspecified atom stereocenters. The van der Waals surface area contributed by atoms with E-state index in [-0.39, 0.29) is 18.6 Å². The number of rotatable bonds is 7. The summed E-state index contributed by atoms with van der Waals surface area (Å²) in [5.74, 6) is 0.472. The van der Waals surface area contributed by atoms with Crippen molar-refractivity contribution < 1.29 is 14.3 Å². The lowest BCUT2D eigenvalue weighted by Crippen LogP contribution is -2.32. The first-order valence-electron chi connectivity index (χ1n) is 7.82. The molecule has 6 heteroatoms. The van der Waals surface area contributed by atoms with Gasteiger partial charge >= 0.3 is 0 Å². The van der Waals surface area contributed by atoms with Crippen LogP contribution in [0, 0.1) is 0 Å². The van der Waals surface area contributed by atoms with Crippen LogP contribution in [-0.2, 0) is 9.53 Å². The highest BCUT2D eigenvalue weighted by Gasteiger charge is 2.14. The largest absolute Gasteiger partial charge is 0.484 e. The van der Waals surface area contributed by atoms with Crippen molar-refractivity contribution in [1.82, 2.24) is 5.32 Å². The molecule has 0 radical (unpaired) electrons. The van der Waals surface area contributed by atoms with Crippen molar-refractivity contribution in [2.24, 2.45) is 0 Å². The number of hydrogen-bond donors (Lipinski definition) is 1. The van der Waals surface area contributed by atoms with Crippen LogP contribution < -0.4 is 10.1 Å². The van der Waals surface area contributed by atoms with Crippen LogP contribution in [0.25, 0.3) is 10.8 Å². The van der Waals surface area contributed by atoms with Crippen LogP contribution in [0.15, 0.2) is 54.6 Å². The fourth-order valence-corrected chi connectivity index (χ4v) is 3.60. The summed E-state index contributed by atoms with van der Waals surface area (Å²) >= 11 is 7.38. The highest BCUT2D eigenvalue weighted by Crippen LogP contribution is 2.28. The molecule has 25 heavy (non-hydrogen) atoms. The molecule has 0 aliphatic rings. The van der Waals surface area contributed by atoms with Crippen molar-refractivity contribution in [3.63, 3.8) is 0 Å². The van der Waals surface area contributed by atoms with E-state index in [9.17, 15) is 4.79 Å². The third kappa shape index (κ3) is 4.72. The zero-order valence-corrected chi connectivity index (χ0v) is 15.3. The Morgan fingerprint density at radius 3 is 2.68 bits per heavy atom. The van der Waals surface area contributed by atoms with E-state index in [1.165, 1.54) is 11.3 Å². The van der Waals surface area contributed by atoms with Crippen molar-refractivity contribution in [1.29, 1.82) is 0 Å². The summed E-state index contributed by atoms with van der Waals surface area (Å²) in [6.07, 6.45) is -0.220. The minimum atomic E-state index is -0.220. The van der Waals surface area contributed by atoms with Crippen LogP contribution in [0.2, 0.25) is 4.34 Å². The van der Waals surface area contributed by atoms with Gasteiger partial charge in [0.05, 0.1) is 4.34 Å². The van der Waals surface area contributed by atoms with Gasteiger partial charge < -0.3 is 14.8 Å². The Morgan fingerprint density at radius 1 is 1.16 bits per heavy atom. The molecular formula is C19H18ClNO3S. The molecule has 3 rings (SSSR count). The van der Waals surface area contributed by atoms with E-state index in [1.807, 2.05) is 54.6 Å². The van der Waals surface area contributed by atoms with E-state index in [0.717, 1.165) is 15.6 Å². The number of thiophene rings is 1. The highest BCUT2D eigenvalue weighted by molar-refractivity contribution is 7.16. The van der Waals surface area contributed by atoms with Crippen LogP contribution in [0.4, 0.5) is 0 Å². The Bertz CT molecular complexity index is 865. The van der Waals surface area contributed by atoms with E-state index in [0.29, 0.717) is 16.6 Å². The molecule has 3 aromatic rings. The summed E-state index contributed by atoms with van der Waals surface area (Å²) in [7, 11) is 1.61. The number of fused-ring (bicyclic) bond motifs is 1. The lowest BCUT2D eigenvalue weighted by molar-refractivity contribution is -0.123. The zero-order chi connectivity index (χ0) is 17.6. The third-order valence-electron chi connectivity index (χ3n) is 3.77. The second-order valence-corrected chi connectivity index (χ2v) is 7.21. The standard InChI is InChI=1S/C19H18ClNO3S/c1-23-16(17-8-9-18(20)25-17)11-21-19(22)12-24-15-7-6-13-4-2-3-5-14(13)10-15/h2-10,16H,11-12H2,1H3,(H,21,22). The van der Waals surface area contributed by atoms with Gasteiger partial charge in [0.15, 0.2) is 6.61 Å². The molecule has 1 aromatic heterocycles. The van der Waals surface area contributed by atoms with E-state index in [4.69, 9.17) is 21.1 Å². The summed E-state index contributed by atoms with van der Waals surface area (Å²) in [4.78, 5) is 13.0. The molecule has 0 aliphatic heterocycles. The maximum absolute atomic E-state index is 12.0. The summed E-state index contributed by atoms with van der Waals surface area (Å²) in [6.45, 7) is 0.327. The SMILES string of the molecule is COC(CNC(=O)COc1ccc2ccccc2c1)c1ccc(Cl)s1. The first-order chi connectivity index (χ1) is 12.2. The number of carbonyl (C=O) groups is 1. The fourth-order valence-electron chi connectivity index (χ4n) is 2.47. The summed E-state index contributed by atoms with van der Waals surface area (Å²) in [5.41, 5.74) is 0. The van der Waals surface area contributed by atoms with Gasteiger partial charge in [0.2, 0.25) is 0 Å². The lowest BCUT2D eigenvalue weighted by Gasteiger charge is -2.15. The number of nitrogens with one attached hydrogen (secondary N) is 1. The molecule has 130 valence electrons. The van der Waals surface area contributed by atoms with Crippen molar-refractivity contribution in [3.8, 4) is 5.75 Å². The van der Waals surface area contributed by atoms with E-state index < -0.39 is 0 Å². The van der Waals surface area contributed by atoms with Crippen LogP contribution in [0.1, 0.15) is 11.0 Å². The number of methoxy groups -OCH3 is 1. The van der Waals surface area contributed by atoms with Crippen molar-refractivity contribution in [3.05, 3.63) is 63.8 Å². The Balaban J connectivity index is 1.51. The topological polar surface area (TPSA) is 47.6 Å². The zero-order valence-electron chi connectivity index (χ0n) is 13.7. The highest BCUT2D eigenvalue weighted by atomic mass is 35.5. The molecule has 0 saturated heterocycles. The Labute approximate surface area is 155 Å². The molecule has 2 aromatic carbocycles. The van der Waals surface area contributed by atoms with Crippen LogP contribution >= 0.6 is 22.9 Å². The van der Waals surface area contributed by atoms with Gasteiger partial charge in [-0.3, -0.25) is 4.79 Å². The van der Waals surface area contributed by atoms with Gasteiger partial charge in [-0.2, -0.15) is 0 Å². The summed E-state index contributed by atoms with van der Waals surface area (Å²) in [6, 6.07) is 17.5. The molecule has 4 nitrogen and oxygen atoms in total. The van der Waals surface area contributed by atoms with Crippen molar-refractivity contribution >= 4 is 39.6 Å². The van der Waals surface area contributed by atoms with Crippen LogP contribution in [0.5, 0.6) is 5.75 Å². The molecular weight excluding hydrogens is 358 g/mol. The lowest BCUT2D eigenvalue weighted by atomic mass is 10.1. The third-order valence-corrected chi connectivity index (χ3v) is 5.09. The van der Waals surface area contributed by atoms with Crippen molar-refractivity contribution in [2.75, 3.05) is 20.3 Å². The second-order valence-electron chi connectivity index (χ2n) is 5.47. The first kappa shape index (κ1) is 17.7. The number of hydrogen-bond acceptors (Lipinski definition) is 4. The maximum Gasteiger partial charge on any atom is 0.258 e. The maximum atomic E-state index is 12.0. The van der Waals surface area contributed by atoms with Gasteiger partial charge in [-0.15, -0.1) is 11.3 Å². The number of ether oxygens (including phenoxy) is 2. The van der Waals surface area contributed by atoms with E-state index >= 15 is 0 Å². The predicted octanol–water partition coefficient (Wildman–Crippen LogP) is 4.44. The number of halogens is 1.